The Kier molecular flexibility index (Phi) is 3.53. The monoisotopic (exact) mass is 290 g/mol. The Morgan fingerprint density at radius 2 is 2.00 bits per heavy atom. The summed E-state index contributed by atoms with van der Waals surface area (Å²) >= 11 is 0. The average Bonchev–Trinajstić information content (AvgIpc) is 2.58. The molecule has 0 amide bonds. The van der Waals surface area contributed by atoms with Crippen molar-refractivity contribution in [3.05, 3.63) is 29.3 Å². The van der Waals surface area contributed by atoms with Crippen molar-refractivity contribution in [3.63, 3.8) is 0 Å². The highest BCUT2D eigenvalue weighted by atomic mass is 16.6. The van der Waals surface area contributed by atoms with Gasteiger partial charge in [-0.2, -0.15) is 0 Å². The van der Waals surface area contributed by atoms with E-state index in [9.17, 15) is 5.11 Å². The Labute approximate surface area is 127 Å². The van der Waals surface area contributed by atoms with Crippen LogP contribution in [-0.4, -0.2) is 22.4 Å². The van der Waals surface area contributed by atoms with Gasteiger partial charge in [-0.1, -0.05) is 12.1 Å². The first kappa shape index (κ1) is 14.9. The van der Waals surface area contributed by atoms with Gasteiger partial charge in [-0.15, -0.1) is 0 Å². The predicted molar refractivity (Wildman–Crippen MR) is 82.6 cm³/mol. The summed E-state index contributed by atoms with van der Waals surface area (Å²) in [6.07, 6.45) is 3.43. The van der Waals surface area contributed by atoms with E-state index in [0.29, 0.717) is 0 Å². The Bertz CT molecular complexity index is 533. The van der Waals surface area contributed by atoms with Gasteiger partial charge in [0.1, 0.15) is 17.5 Å². The third-order valence-electron chi connectivity index (χ3n) is 4.69. The van der Waals surface area contributed by atoms with Crippen LogP contribution in [0.1, 0.15) is 64.2 Å². The van der Waals surface area contributed by atoms with Crippen molar-refractivity contribution in [1.82, 2.24) is 0 Å². The molecule has 2 aliphatic rings. The van der Waals surface area contributed by atoms with Crippen molar-refractivity contribution in [2.45, 2.75) is 76.8 Å². The van der Waals surface area contributed by atoms with Crippen molar-refractivity contribution in [3.8, 4) is 5.75 Å². The van der Waals surface area contributed by atoms with Gasteiger partial charge in [-0.3, -0.25) is 0 Å². The molecule has 21 heavy (non-hydrogen) atoms. The van der Waals surface area contributed by atoms with E-state index in [4.69, 9.17) is 9.47 Å². The first-order valence-electron chi connectivity index (χ1n) is 7.95. The number of hydrogen-bond donors (Lipinski definition) is 1. The highest BCUT2D eigenvalue weighted by Crippen LogP contribution is 2.42. The lowest BCUT2D eigenvalue weighted by Crippen LogP contribution is -2.37. The van der Waals surface area contributed by atoms with E-state index < -0.39 is 0 Å². The molecule has 1 heterocycles. The Hall–Kier alpha value is -1.06. The number of rotatable bonds is 2. The van der Waals surface area contributed by atoms with Crippen LogP contribution in [0.5, 0.6) is 5.75 Å². The van der Waals surface area contributed by atoms with Crippen LogP contribution in [0.3, 0.4) is 0 Å². The molecule has 0 saturated carbocycles. The number of fused-ring (bicyclic) bond motifs is 1. The lowest BCUT2D eigenvalue weighted by Gasteiger charge is -2.30. The number of ether oxygens (including phenoxy) is 2. The minimum atomic E-state index is -0.346. The van der Waals surface area contributed by atoms with Gasteiger partial charge in [0, 0.05) is 6.42 Å². The third-order valence-corrected chi connectivity index (χ3v) is 4.69. The number of aliphatic hydroxyl groups excluding tert-OH is 1. The highest BCUT2D eigenvalue weighted by molar-refractivity contribution is 5.43. The molecule has 2 unspecified atom stereocenters. The summed E-state index contributed by atoms with van der Waals surface area (Å²) in [5.41, 5.74) is 1.77. The van der Waals surface area contributed by atoms with E-state index in [0.717, 1.165) is 37.0 Å². The molecule has 1 fully saturated rings. The summed E-state index contributed by atoms with van der Waals surface area (Å²) in [4.78, 5) is 0. The number of aliphatic hydroxyl groups is 1. The maximum atomic E-state index is 10.2. The predicted octanol–water partition coefficient (Wildman–Crippen LogP) is 3.78. The summed E-state index contributed by atoms with van der Waals surface area (Å²) in [5.74, 6) is 0.922. The van der Waals surface area contributed by atoms with E-state index >= 15 is 0 Å². The van der Waals surface area contributed by atoms with E-state index in [1.807, 2.05) is 18.2 Å². The second-order valence-electron chi connectivity index (χ2n) is 7.51. The van der Waals surface area contributed by atoms with Gasteiger partial charge in [0.25, 0.3) is 0 Å². The maximum absolute atomic E-state index is 10.2. The molecule has 3 nitrogen and oxygen atoms in total. The van der Waals surface area contributed by atoms with Crippen LogP contribution in [-0.2, 0) is 11.2 Å². The molecule has 3 rings (SSSR count). The molecular weight excluding hydrogens is 264 g/mol. The Morgan fingerprint density at radius 3 is 2.67 bits per heavy atom. The lowest BCUT2D eigenvalue weighted by molar-refractivity contribution is -0.0847. The van der Waals surface area contributed by atoms with Crippen molar-refractivity contribution in [2.75, 3.05) is 0 Å². The molecule has 1 aromatic rings. The molecule has 2 atom stereocenters. The molecule has 0 spiro atoms. The van der Waals surface area contributed by atoms with Crippen molar-refractivity contribution in [1.29, 1.82) is 0 Å². The van der Waals surface area contributed by atoms with Crippen LogP contribution in [0.25, 0.3) is 0 Å². The van der Waals surface area contributed by atoms with Crippen LogP contribution in [0.2, 0.25) is 0 Å². The standard InChI is InChI=1S/C18H26O3/c1-17(2)11-16(18(3,4)21-17)20-15-10-6-7-12-13(15)8-5-9-14(12)19/h6-7,10,14,16,19H,5,8-9,11H2,1-4H3. The lowest BCUT2D eigenvalue weighted by atomic mass is 9.88. The molecule has 116 valence electrons. The van der Waals surface area contributed by atoms with Crippen LogP contribution in [0, 0.1) is 0 Å². The van der Waals surface area contributed by atoms with Crippen LogP contribution in [0.4, 0.5) is 0 Å². The molecule has 3 heteroatoms. The van der Waals surface area contributed by atoms with Crippen LogP contribution < -0.4 is 4.74 Å². The summed E-state index contributed by atoms with van der Waals surface area (Å²) in [5, 5.41) is 10.2. The third kappa shape index (κ3) is 2.82. The van der Waals surface area contributed by atoms with Gasteiger partial charge in [0.2, 0.25) is 0 Å². The minimum Gasteiger partial charge on any atom is -0.487 e. The van der Waals surface area contributed by atoms with Gasteiger partial charge in [-0.05, 0) is 64.2 Å². The topological polar surface area (TPSA) is 38.7 Å². The molecule has 1 saturated heterocycles. The zero-order valence-electron chi connectivity index (χ0n) is 13.5. The molecule has 1 aromatic carbocycles. The molecular formula is C18H26O3. The first-order valence-corrected chi connectivity index (χ1v) is 7.95. The van der Waals surface area contributed by atoms with E-state index in [1.165, 1.54) is 5.56 Å². The molecule has 0 radical (unpaired) electrons. The normalized spacial score (nSPS) is 30.0. The largest absolute Gasteiger partial charge is 0.487 e. The summed E-state index contributed by atoms with van der Waals surface area (Å²) in [6.45, 7) is 8.41. The van der Waals surface area contributed by atoms with E-state index in [2.05, 4.69) is 27.7 Å². The second-order valence-corrected chi connectivity index (χ2v) is 7.51. The fourth-order valence-electron chi connectivity index (χ4n) is 3.75. The zero-order valence-corrected chi connectivity index (χ0v) is 13.5. The second kappa shape index (κ2) is 4.99. The van der Waals surface area contributed by atoms with Crippen LogP contribution >= 0.6 is 0 Å². The van der Waals surface area contributed by atoms with Gasteiger partial charge in [0.05, 0.1) is 11.7 Å². The van der Waals surface area contributed by atoms with E-state index in [1.54, 1.807) is 0 Å². The molecule has 1 aliphatic heterocycles. The zero-order chi connectivity index (χ0) is 15.3. The van der Waals surface area contributed by atoms with Crippen LogP contribution in [0.15, 0.2) is 18.2 Å². The molecule has 1 aliphatic carbocycles. The van der Waals surface area contributed by atoms with Gasteiger partial charge >= 0.3 is 0 Å². The molecule has 1 N–H and O–H groups in total. The first-order chi connectivity index (χ1) is 9.78. The summed E-state index contributed by atoms with van der Waals surface area (Å²) < 4.78 is 12.4. The van der Waals surface area contributed by atoms with Crippen molar-refractivity contribution >= 4 is 0 Å². The molecule has 0 aromatic heterocycles. The minimum absolute atomic E-state index is 0.0399. The Morgan fingerprint density at radius 1 is 1.24 bits per heavy atom. The SMILES string of the molecule is CC1(C)CC(Oc2cccc3c2CCCC3O)C(C)(C)O1. The molecule has 0 bridgehead atoms. The summed E-state index contributed by atoms with van der Waals surface area (Å²) in [7, 11) is 0. The fourth-order valence-corrected chi connectivity index (χ4v) is 3.75. The van der Waals surface area contributed by atoms with Crippen molar-refractivity contribution in [2.24, 2.45) is 0 Å². The van der Waals surface area contributed by atoms with E-state index in [-0.39, 0.29) is 23.4 Å². The smallest absolute Gasteiger partial charge is 0.130 e. The van der Waals surface area contributed by atoms with Gasteiger partial charge in [-0.25, -0.2) is 0 Å². The quantitative estimate of drug-likeness (QED) is 0.901. The van der Waals surface area contributed by atoms with Crippen molar-refractivity contribution < 1.29 is 14.6 Å². The van der Waals surface area contributed by atoms with Gasteiger partial charge < -0.3 is 14.6 Å². The maximum Gasteiger partial charge on any atom is 0.130 e. The fraction of sp³-hybridized carbons (Fsp3) is 0.667. The Balaban J connectivity index is 1.88. The van der Waals surface area contributed by atoms with Gasteiger partial charge in [0.15, 0.2) is 0 Å². The highest BCUT2D eigenvalue weighted by Gasteiger charge is 2.47. The number of benzene rings is 1. The average molecular weight is 290 g/mol. The number of hydrogen-bond acceptors (Lipinski definition) is 3. The summed E-state index contributed by atoms with van der Waals surface area (Å²) in [6, 6.07) is 6.03.